The Bertz CT molecular complexity index is 460. The molecular formula is C13H16FNO3. The molecule has 4 nitrogen and oxygen atoms in total. The molecule has 0 heterocycles. The van der Waals surface area contributed by atoms with E-state index in [1.165, 1.54) is 12.1 Å². The predicted molar refractivity (Wildman–Crippen MR) is 64.9 cm³/mol. The van der Waals surface area contributed by atoms with Gasteiger partial charge in [0.2, 0.25) is 0 Å². The Balaban J connectivity index is 2.86. The van der Waals surface area contributed by atoms with Crippen molar-refractivity contribution in [3.05, 3.63) is 35.1 Å². The molecule has 1 atom stereocenters. The molecule has 0 aromatic heterocycles. The molecule has 5 heteroatoms. The van der Waals surface area contributed by atoms with E-state index in [0.717, 1.165) is 5.56 Å². The topological polar surface area (TPSA) is 66.4 Å². The van der Waals surface area contributed by atoms with Crippen LogP contribution in [0.25, 0.3) is 0 Å². The molecule has 1 rings (SSSR count). The van der Waals surface area contributed by atoms with E-state index in [0.29, 0.717) is 12.8 Å². The lowest BCUT2D eigenvalue weighted by Crippen LogP contribution is -2.41. The average molecular weight is 253 g/mol. The van der Waals surface area contributed by atoms with Gasteiger partial charge in [-0.05, 0) is 25.5 Å². The Hall–Kier alpha value is -1.91. The van der Waals surface area contributed by atoms with Crippen molar-refractivity contribution in [1.82, 2.24) is 5.32 Å². The Morgan fingerprint density at radius 3 is 2.67 bits per heavy atom. The van der Waals surface area contributed by atoms with E-state index in [1.807, 2.05) is 6.92 Å². The lowest BCUT2D eigenvalue weighted by Gasteiger charge is -2.14. The van der Waals surface area contributed by atoms with E-state index in [2.05, 4.69) is 5.32 Å². The maximum Gasteiger partial charge on any atom is 0.326 e. The van der Waals surface area contributed by atoms with Gasteiger partial charge in [0.25, 0.3) is 5.91 Å². The third kappa shape index (κ3) is 3.55. The lowest BCUT2D eigenvalue weighted by atomic mass is 10.1. The van der Waals surface area contributed by atoms with Gasteiger partial charge in [-0.25, -0.2) is 9.18 Å². The maximum atomic E-state index is 13.4. The van der Waals surface area contributed by atoms with Gasteiger partial charge < -0.3 is 10.4 Å². The summed E-state index contributed by atoms with van der Waals surface area (Å²) >= 11 is 0. The smallest absolute Gasteiger partial charge is 0.326 e. The van der Waals surface area contributed by atoms with Crippen LogP contribution in [0.2, 0.25) is 0 Å². The highest BCUT2D eigenvalue weighted by molar-refractivity contribution is 5.96. The van der Waals surface area contributed by atoms with Crippen molar-refractivity contribution in [3.8, 4) is 0 Å². The van der Waals surface area contributed by atoms with Crippen LogP contribution in [0.4, 0.5) is 4.39 Å². The third-order valence-electron chi connectivity index (χ3n) is 2.55. The zero-order chi connectivity index (χ0) is 13.7. The monoisotopic (exact) mass is 253 g/mol. The van der Waals surface area contributed by atoms with Gasteiger partial charge >= 0.3 is 5.97 Å². The van der Waals surface area contributed by atoms with Crippen LogP contribution in [0.1, 0.15) is 35.7 Å². The summed E-state index contributed by atoms with van der Waals surface area (Å²) in [6.45, 7) is 3.55. The molecular weight excluding hydrogens is 237 g/mol. The second-order valence-electron chi connectivity index (χ2n) is 4.14. The first-order valence-electron chi connectivity index (χ1n) is 5.75. The van der Waals surface area contributed by atoms with Crippen molar-refractivity contribution >= 4 is 11.9 Å². The number of carbonyl (C=O) groups excluding carboxylic acids is 1. The molecule has 0 aliphatic carbocycles. The summed E-state index contributed by atoms with van der Waals surface area (Å²) in [5.41, 5.74) is 0.612. The Morgan fingerprint density at radius 1 is 1.44 bits per heavy atom. The fourth-order valence-electron chi connectivity index (χ4n) is 1.60. The average Bonchev–Trinajstić information content (AvgIpc) is 2.31. The van der Waals surface area contributed by atoms with Gasteiger partial charge in [-0.3, -0.25) is 4.79 Å². The van der Waals surface area contributed by atoms with E-state index in [9.17, 15) is 14.0 Å². The Labute approximate surface area is 105 Å². The third-order valence-corrected chi connectivity index (χ3v) is 2.55. The molecule has 0 radical (unpaired) electrons. The van der Waals surface area contributed by atoms with E-state index in [-0.39, 0.29) is 5.56 Å². The molecule has 1 aromatic rings. The SMILES string of the molecule is CCC[C@H](NC(=O)c1cc(C)ccc1F)C(=O)O. The first kappa shape index (κ1) is 14.2. The van der Waals surface area contributed by atoms with Gasteiger partial charge in [0.05, 0.1) is 5.56 Å². The van der Waals surface area contributed by atoms with Crippen molar-refractivity contribution in [2.75, 3.05) is 0 Å². The van der Waals surface area contributed by atoms with Crippen molar-refractivity contribution in [2.24, 2.45) is 0 Å². The maximum absolute atomic E-state index is 13.4. The molecule has 0 fully saturated rings. The van der Waals surface area contributed by atoms with E-state index >= 15 is 0 Å². The number of carboxylic acid groups (broad SMARTS) is 1. The zero-order valence-electron chi connectivity index (χ0n) is 10.4. The number of nitrogens with one attached hydrogen (secondary N) is 1. The number of hydrogen-bond acceptors (Lipinski definition) is 2. The second-order valence-corrected chi connectivity index (χ2v) is 4.14. The molecule has 0 unspecified atom stereocenters. The number of aliphatic carboxylic acids is 1. The highest BCUT2D eigenvalue weighted by atomic mass is 19.1. The lowest BCUT2D eigenvalue weighted by molar-refractivity contribution is -0.139. The predicted octanol–water partition coefficient (Wildman–Crippen LogP) is 2.12. The second kappa shape index (κ2) is 6.14. The van der Waals surface area contributed by atoms with Crippen LogP contribution >= 0.6 is 0 Å². The Morgan fingerprint density at radius 2 is 2.11 bits per heavy atom. The summed E-state index contributed by atoms with van der Waals surface area (Å²) in [4.78, 5) is 22.7. The van der Waals surface area contributed by atoms with E-state index in [4.69, 9.17) is 5.11 Å². The molecule has 0 saturated heterocycles. The minimum atomic E-state index is -1.11. The van der Waals surface area contributed by atoms with Gasteiger partial charge in [0, 0.05) is 0 Å². The molecule has 0 aliphatic rings. The van der Waals surface area contributed by atoms with Crippen LogP contribution in [0.5, 0.6) is 0 Å². The van der Waals surface area contributed by atoms with Crippen LogP contribution in [0.15, 0.2) is 18.2 Å². The molecule has 0 saturated carbocycles. The summed E-state index contributed by atoms with van der Waals surface area (Å²) in [6.07, 6.45) is 0.933. The summed E-state index contributed by atoms with van der Waals surface area (Å²) in [5.74, 6) is -2.46. The van der Waals surface area contributed by atoms with Crippen LogP contribution < -0.4 is 5.32 Å². The molecule has 0 aliphatic heterocycles. The van der Waals surface area contributed by atoms with Crippen molar-refractivity contribution in [3.63, 3.8) is 0 Å². The fraction of sp³-hybridized carbons (Fsp3) is 0.385. The molecule has 2 N–H and O–H groups in total. The molecule has 98 valence electrons. The van der Waals surface area contributed by atoms with Gasteiger partial charge in [0.1, 0.15) is 11.9 Å². The summed E-state index contributed by atoms with van der Waals surface area (Å²) in [5, 5.41) is 11.2. The van der Waals surface area contributed by atoms with Crippen molar-refractivity contribution in [1.29, 1.82) is 0 Å². The first-order valence-corrected chi connectivity index (χ1v) is 5.75. The van der Waals surface area contributed by atoms with Gasteiger partial charge in [-0.1, -0.05) is 25.0 Å². The van der Waals surface area contributed by atoms with Crippen LogP contribution in [-0.4, -0.2) is 23.0 Å². The highest BCUT2D eigenvalue weighted by Crippen LogP contribution is 2.10. The molecule has 1 amide bonds. The minimum Gasteiger partial charge on any atom is -0.480 e. The molecule has 1 aromatic carbocycles. The number of halogens is 1. The van der Waals surface area contributed by atoms with E-state index < -0.39 is 23.7 Å². The van der Waals surface area contributed by atoms with Gasteiger partial charge in [-0.15, -0.1) is 0 Å². The number of aryl methyl sites for hydroxylation is 1. The Kier molecular flexibility index (Phi) is 4.83. The van der Waals surface area contributed by atoms with Crippen molar-refractivity contribution in [2.45, 2.75) is 32.7 Å². The minimum absolute atomic E-state index is 0.127. The number of hydrogen-bond donors (Lipinski definition) is 2. The molecule has 18 heavy (non-hydrogen) atoms. The van der Waals surface area contributed by atoms with Crippen molar-refractivity contribution < 1.29 is 19.1 Å². The van der Waals surface area contributed by atoms with Gasteiger partial charge in [-0.2, -0.15) is 0 Å². The summed E-state index contributed by atoms with van der Waals surface area (Å²) < 4.78 is 13.4. The van der Waals surface area contributed by atoms with E-state index in [1.54, 1.807) is 13.0 Å². The number of carboxylic acids is 1. The number of amides is 1. The standard InChI is InChI=1S/C13H16FNO3/c1-3-4-11(13(17)18)15-12(16)9-7-8(2)5-6-10(9)14/h5-7,11H,3-4H2,1-2H3,(H,15,16)(H,17,18)/t11-/m0/s1. The van der Waals surface area contributed by atoms with Crippen LogP contribution in [-0.2, 0) is 4.79 Å². The largest absolute Gasteiger partial charge is 0.480 e. The van der Waals surface area contributed by atoms with Crippen LogP contribution in [0.3, 0.4) is 0 Å². The zero-order valence-corrected chi connectivity index (χ0v) is 10.4. The molecule has 0 spiro atoms. The number of benzene rings is 1. The quantitative estimate of drug-likeness (QED) is 0.844. The fourth-order valence-corrected chi connectivity index (χ4v) is 1.60. The summed E-state index contributed by atoms with van der Waals surface area (Å²) in [6, 6.07) is 3.16. The number of carbonyl (C=O) groups is 2. The van der Waals surface area contributed by atoms with Crippen LogP contribution in [0, 0.1) is 12.7 Å². The number of rotatable bonds is 5. The summed E-state index contributed by atoms with van der Waals surface area (Å²) in [7, 11) is 0. The molecule has 0 bridgehead atoms. The van der Waals surface area contributed by atoms with Gasteiger partial charge in [0.15, 0.2) is 0 Å². The highest BCUT2D eigenvalue weighted by Gasteiger charge is 2.21. The normalized spacial score (nSPS) is 11.9. The first-order chi connectivity index (χ1) is 8.45.